The van der Waals surface area contributed by atoms with Crippen molar-refractivity contribution >= 4 is 33.8 Å². The number of methoxy groups -OCH3 is 1. The van der Waals surface area contributed by atoms with Crippen LogP contribution in [0.3, 0.4) is 0 Å². The summed E-state index contributed by atoms with van der Waals surface area (Å²) in [6.45, 7) is 2.43. The van der Waals surface area contributed by atoms with Gasteiger partial charge in [0.2, 0.25) is 0 Å². The second-order valence-electron chi connectivity index (χ2n) is 5.12. The smallest absolute Gasteiger partial charge is 0.269 e. The Morgan fingerprint density at radius 3 is 2.50 bits per heavy atom. The molecule has 7 heteroatoms. The minimum atomic E-state index is -0.466. The average Bonchev–Trinajstić information content (AvgIpc) is 2.65. The highest BCUT2D eigenvalue weighted by Crippen LogP contribution is 2.24. The van der Waals surface area contributed by atoms with Crippen molar-refractivity contribution in [2.45, 2.75) is 6.92 Å². The van der Waals surface area contributed by atoms with E-state index < -0.39 is 11.8 Å². The van der Waals surface area contributed by atoms with E-state index in [-0.39, 0.29) is 0 Å². The molecule has 136 valence electrons. The summed E-state index contributed by atoms with van der Waals surface area (Å²) in [5.74, 6) is 0.427. The highest BCUT2D eigenvalue weighted by Gasteiger charge is 2.07. The van der Waals surface area contributed by atoms with Crippen molar-refractivity contribution in [3.8, 4) is 11.5 Å². The van der Waals surface area contributed by atoms with Gasteiger partial charge in [0.25, 0.3) is 11.8 Å². The molecule has 0 atom stereocenters. The molecule has 0 aliphatic rings. The molecule has 0 radical (unpaired) electrons. The van der Waals surface area contributed by atoms with Crippen LogP contribution in [0.2, 0.25) is 0 Å². The summed E-state index contributed by atoms with van der Waals surface area (Å²) < 4.78 is 11.4. The summed E-state index contributed by atoms with van der Waals surface area (Å²) in [6, 6.07) is 12.1. The predicted molar refractivity (Wildman–Crippen MR) is 103 cm³/mol. The van der Waals surface area contributed by atoms with Crippen molar-refractivity contribution in [3.05, 3.63) is 64.1 Å². The lowest BCUT2D eigenvalue weighted by Gasteiger charge is -2.07. The van der Waals surface area contributed by atoms with E-state index in [1.807, 2.05) is 19.1 Å². The van der Waals surface area contributed by atoms with Crippen LogP contribution in [0.25, 0.3) is 6.08 Å². The Labute approximate surface area is 160 Å². The normalized spacial score (nSPS) is 10.4. The highest BCUT2D eigenvalue weighted by molar-refractivity contribution is 9.10. The fraction of sp³-hybridized carbons (Fsp3) is 0.158. The average molecular weight is 419 g/mol. The maximum atomic E-state index is 12.0. The van der Waals surface area contributed by atoms with E-state index in [0.717, 1.165) is 10.0 Å². The van der Waals surface area contributed by atoms with Crippen LogP contribution >= 0.6 is 15.9 Å². The Morgan fingerprint density at radius 1 is 1.12 bits per heavy atom. The van der Waals surface area contributed by atoms with Gasteiger partial charge in [-0.3, -0.25) is 20.4 Å². The summed E-state index contributed by atoms with van der Waals surface area (Å²) >= 11 is 3.37. The van der Waals surface area contributed by atoms with Crippen molar-refractivity contribution in [2.24, 2.45) is 0 Å². The molecule has 0 aromatic heterocycles. The first kappa shape index (κ1) is 19.5. The van der Waals surface area contributed by atoms with E-state index >= 15 is 0 Å². The summed E-state index contributed by atoms with van der Waals surface area (Å²) in [7, 11) is 1.55. The Kier molecular flexibility index (Phi) is 7.23. The van der Waals surface area contributed by atoms with Gasteiger partial charge in [0.05, 0.1) is 13.7 Å². The molecule has 2 aromatic rings. The lowest BCUT2D eigenvalue weighted by atomic mass is 10.2. The van der Waals surface area contributed by atoms with Gasteiger partial charge in [-0.1, -0.05) is 15.9 Å². The van der Waals surface area contributed by atoms with Gasteiger partial charge in [-0.25, -0.2) is 0 Å². The monoisotopic (exact) mass is 418 g/mol. The summed E-state index contributed by atoms with van der Waals surface area (Å²) in [6.07, 6.45) is 2.91. The van der Waals surface area contributed by atoms with Crippen LogP contribution < -0.4 is 20.3 Å². The third kappa shape index (κ3) is 5.63. The zero-order valence-electron chi connectivity index (χ0n) is 14.4. The number of benzene rings is 2. The molecule has 2 rings (SSSR count). The zero-order valence-corrected chi connectivity index (χ0v) is 16.0. The van der Waals surface area contributed by atoms with Crippen LogP contribution in [0.5, 0.6) is 11.5 Å². The van der Waals surface area contributed by atoms with Gasteiger partial charge in [-0.2, -0.15) is 0 Å². The molecule has 0 saturated heterocycles. The number of carbonyl (C=O) groups is 2. The maximum absolute atomic E-state index is 12.0. The second kappa shape index (κ2) is 9.62. The van der Waals surface area contributed by atoms with Crippen LogP contribution in [0.15, 0.2) is 53.0 Å². The third-order valence-corrected chi connectivity index (χ3v) is 3.83. The molecular weight excluding hydrogens is 400 g/mol. The van der Waals surface area contributed by atoms with Crippen LogP contribution in [0.1, 0.15) is 22.8 Å². The van der Waals surface area contributed by atoms with Crippen molar-refractivity contribution in [1.29, 1.82) is 0 Å². The fourth-order valence-corrected chi connectivity index (χ4v) is 2.48. The fourth-order valence-electron chi connectivity index (χ4n) is 2.10. The maximum Gasteiger partial charge on any atom is 0.269 e. The van der Waals surface area contributed by atoms with Gasteiger partial charge in [0.15, 0.2) is 0 Å². The zero-order chi connectivity index (χ0) is 18.9. The lowest BCUT2D eigenvalue weighted by Crippen LogP contribution is -2.40. The van der Waals surface area contributed by atoms with E-state index in [9.17, 15) is 9.59 Å². The number of hydrazine groups is 1. The van der Waals surface area contributed by atoms with Crippen molar-refractivity contribution in [3.63, 3.8) is 0 Å². The largest absolute Gasteiger partial charge is 0.496 e. The van der Waals surface area contributed by atoms with Crippen LogP contribution in [0.4, 0.5) is 0 Å². The molecule has 0 aliphatic carbocycles. The Morgan fingerprint density at radius 2 is 1.85 bits per heavy atom. The molecule has 0 aliphatic heterocycles. The first-order valence-corrected chi connectivity index (χ1v) is 8.67. The number of rotatable bonds is 6. The SMILES string of the molecule is CCOc1ccc(C(=O)NNC(=O)/C=C/c2cc(Br)ccc2OC)cc1. The molecule has 0 heterocycles. The van der Waals surface area contributed by atoms with Crippen molar-refractivity contribution in [1.82, 2.24) is 10.9 Å². The van der Waals surface area contributed by atoms with Crippen molar-refractivity contribution < 1.29 is 19.1 Å². The summed E-state index contributed by atoms with van der Waals surface area (Å²) in [5.41, 5.74) is 5.83. The first-order chi connectivity index (χ1) is 12.5. The number of ether oxygens (including phenoxy) is 2. The minimum Gasteiger partial charge on any atom is -0.496 e. The molecule has 0 bridgehead atoms. The predicted octanol–water partition coefficient (Wildman–Crippen LogP) is 3.33. The topological polar surface area (TPSA) is 76.7 Å². The number of carbonyl (C=O) groups excluding carboxylic acids is 2. The van der Waals surface area contributed by atoms with E-state index in [4.69, 9.17) is 9.47 Å². The first-order valence-electron chi connectivity index (χ1n) is 7.88. The molecular formula is C19H19BrN2O4. The third-order valence-electron chi connectivity index (χ3n) is 3.33. The minimum absolute atomic E-state index is 0.409. The van der Waals surface area contributed by atoms with Crippen LogP contribution in [-0.2, 0) is 4.79 Å². The molecule has 2 N–H and O–H groups in total. The standard InChI is InChI=1S/C19H19BrN2O4/c1-3-26-16-8-4-13(5-9-16)19(24)22-21-18(23)11-6-14-12-15(20)7-10-17(14)25-2/h4-12H,3H2,1-2H3,(H,21,23)(H,22,24)/b11-6+. The van der Waals surface area contributed by atoms with E-state index in [1.54, 1.807) is 43.5 Å². The number of nitrogens with one attached hydrogen (secondary N) is 2. The van der Waals surface area contributed by atoms with Gasteiger partial charge in [-0.15, -0.1) is 0 Å². The van der Waals surface area contributed by atoms with Gasteiger partial charge in [0.1, 0.15) is 11.5 Å². The van der Waals surface area contributed by atoms with Gasteiger partial charge in [-0.05, 0) is 55.5 Å². The van der Waals surface area contributed by atoms with Crippen molar-refractivity contribution in [2.75, 3.05) is 13.7 Å². The quantitative estimate of drug-likeness (QED) is 0.557. The van der Waals surface area contributed by atoms with E-state index in [2.05, 4.69) is 26.8 Å². The molecule has 0 fully saturated rings. The molecule has 2 amide bonds. The van der Waals surface area contributed by atoms with Crippen LogP contribution in [-0.4, -0.2) is 25.5 Å². The summed E-state index contributed by atoms with van der Waals surface area (Å²) in [5, 5.41) is 0. The van der Waals surface area contributed by atoms with Crippen LogP contribution in [0, 0.1) is 0 Å². The lowest BCUT2D eigenvalue weighted by molar-refractivity contribution is -0.117. The molecule has 0 unspecified atom stereocenters. The molecule has 6 nitrogen and oxygen atoms in total. The Balaban J connectivity index is 1.92. The van der Waals surface area contributed by atoms with Gasteiger partial charge >= 0.3 is 0 Å². The summed E-state index contributed by atoms with van der Waals surface area (Å²) in [4.78, 5) is 23.9. The number of hydrogen-bond acceptors (Lipinski definition) is 4. The number of halogens is 1. The second-order valence-corrected chi connectivity index (χ2v) is 6.04. The Hall–Kier alpha value is -2.80. The molecule has 0 spiro atoms. The molecule has 2 aromatic carbocycles. The molecule has 0 saturated carbocycles. The Bertz CT molecular complexity index is 804. The van der Waals surface area contributed by atoms with E-state index in [1.165, 1.54) is 6.08 Å². The number of amides is 2. The van der Waals surface area contributed by atoms with Gasteiger partial charge in [0, 0.05) is 21.7 Å². The highest BCUT2D eigenvalue weighted by atomic mass is 79.9. The molecule has 26 heavy (non-hydrogen) atoms. The number of hydrogen-bond donors (Lipinski definition) is 2. The van der Waals surface area contributed by atoms with Gasteiger partial charge < -0.3 is 9.47 Å². The van der Waals surface area contributed by atoms with E-state index in [0.29, 0.717) is 23.7 Å².